The molecule has 190 valence electrons. The van der Waals surface area contributed by atoms with E-state index in [4.69, 9.17) is 25.8 Å². The highest BCUT2D eigenvalue weighted by Crippen LogP contribution is 2.25. The molecule has 2 aliphatic heterocycles. The first-order valence-electron chi connectivity index (χ1n) is 12.4. The molecule has 9 heteroatoms. The summed E-state index contributed by atoms with van der Waals surface area (Å²) < 4.78 is 16.9. The average Bonchev–Trinajstić information content (AvgIpc) is 2.90. The first kappa shape index (κ1) is 25.7. The van der Waals surface area contributed by atoms with Gasteiger partial charge in [-0.25, -0.2) is 0 Å². The second-order valence-corrected chi connectivity index (χ2v) is 9.27. The molecular weight excluding hydrogens is 468 g/mol. The van der Waals surface area contributed by atoms with Crippen LogP contribution in [0.15, 0.2) is 42.7 Å². The molecule has 0 radical (unpaired) electrons. The number of aromatic nitrogens is 1. The van der Waals surface area contributed by atoms with E-state index >= 15 is 0 Å². The SMILES string of the molecule is O=C(c1cc(Cl)cc(OCCNc2ccncc2)c1)N(CCCN1CCOCC1)C1CCOCC1. The Balaban J connectivity index is 1.36. The van der Waals surface area contributed by atoms with Crippen LogP contribution in [-0.4, -0.2) is 92.5 Å². The fraction of sp³-hybridized carbons (Fsp3) is 0.538. The van der Waals surface area contributed by atoms with E-state index < -0.39 is 0 Å². The van der Waals surface area contributed by atoms with Crippen molar-refractivity contribution in [2.24, 2.45) is 0 Å². The van der Waals surface area contributed by atoms with Crippen LogP contribution in [0, 0.1) is 0 Å². The van der Waals surface area contributed by atoms with Gasteiger partial charge in [-0.1, -0.05) is 11.6 Å². The van der Waals surface area contributed by atoms with Crippen LogP contribution in [-0.2, 0) is 9.47 Å². The molecule has 0 saturated carbocycles. The van der Waals surface area contributed by atoms with Crippen LogP contribution < -0.4 is 10.1 Å². The van der Waals surface area contributed by atoms with Crippen molar-refractivity contribution in [3.05, 3.63) is 53.3 Å². The maximum Gasteiger partial charge on any atom is 0.254 e. The highest BCUT2D eigenvalue weighted by Gasteiger charge is 2.27. The minimum absolute atomic E-state index is 0.00105. The molecule has 0 aliphatic carbocycles. The van der Waals surface area contributed by atoms with Crippen molar-refractivity contribution in [2.45, 2.75) is 25.3 Å². The van der Waals surface area contributed by atoms with Gasteiger partial charge in [-0.3, -0.25) is 14.7 Å². The lowest BCUT2D eigenvalue weighted by atomic mass is 10.0. The summed E-state index contributed by atoms with van der Waals surface area (Å²) in [6, 6.07) is 9.27. The van der Waals surface area contributed by atoms with Crippen molar-refractivity contribution < 1.29 is 19.0 Å². The van der Waals surface area contributed by atoms with Gasteiger partial charge in [0.1, 0.15) is 12.4 Å². The number of hydrogen-bond donors (Lipinski definition) is 1. The first-order chi connectivity index (χ1) is 17.2. The number of morpholine rings is 1. The van der Waals surface area contributed by atoms with Gasteiger partial charge in [-0.2, -0.15) is 0 Å². The van der Waals surface area contributed by atoms with Gasteiger partial charge in [-0.05, 0) is 49.6 Å². The lowest BCUT2D eigenvalue weighted by molar-refractivity contribution is 0.0222. The zero-order chi connectivity index (χ0) is 24.3. The second-order valence-electron chi connectivity index (χ2n) is 8.84. The minimum Gasteiger partial charge on any atom is -0.492 e. The third-order valence-corrected chi connectivity index (χ3v) is 6.59. The molecule has 0 unspecified atom stereocenters. The number of nitrogens with one attached hydrogen (secondary N) is 1. The number of pyridine rings is 1. The maximum atomic E-state index is 13.7. The molecule has 2 aliphatic rings. The summed E-state index contributed by atoms with van der Waals surface area (Å²) in [5.74, 6) is 0.596. The van der Waals surface area contributed by atoms with E-state index in [9.17, 15) is 4.79 Å². The fourth-order valence-electron chi connectivity index (χ4n) is 4.51. The summed E-state index contributed by atoms with van der Waals surface area (Å²) in [4.78, 5) is 22.1. The molecule has 2 saturated heterocycles. The van der Waals surface area contributed by atoms with E-state index in [2.05, 4.69) is 15.2 Å². The van der Waals surface area contributed by atoms with Crippen molar-refractivity contribution in [3.63, 3.8) is 0 Å². The Bertz CT molecular complexity index is 921. The van der Waals surface area contributed by atoms with Gasteiger partial charge >= 0.3 is 0 Å². The Morgan fingerprint density at radius 2 is 1.86 bits per heavy atom. The number of carbonyl (C=O) groups excluding carboxylic acids is 1. The zero-order valence-electron chi connectivity index (χ0n) is 20.2. The quantitative estimate of drug-likeness (QED) is 0.471. The highest BCUT2D eigenvalue weighted by atomic mass is 35.5. The Hall–Kier alpha value is -2.39. The second kappa shape index (κ2) is 13.6. The van der Waals surface area contributed by atoms with Crippen LogP contribution in [0.5, 0.6) is 5.75 Å². The number of hydrogen-bond acceptors (Lipinski definition) is 7. The molecule has 0 spiro atoms. The number of carbonyl (C=O) groups is 1. The predicted molar refractivity (Wildman–Crippen MR) is 136 cm³/mol. The number of rotatable bonds is 11. The van der Waals surface area contributed by atoms with Crippen LogP contribution >= 0.6 is 11.6 Å². The number of anilines is 1. The summed E-state index contributed by atoms with van der Waals surface area (Å²) in [7, 11) is 0. The van der Waals surface area contributed by atoms with Gasteiger partial charge < -0.3 is 24.4 Å². The number of ether oxygens (including phenoxy) is 3. The van der Waals surface area contributed by atoms with E-state index in [1.165, 1.54) is 0 Å². The van der Waals surface area contributed by atoms with Gasteiger partial charge in [-0.15, -0.1) is 0 Å². The third kappa shape index (κ3) is 8.07. The number of halogens is 1. The molecule has 1 aromatic carbocycles. The van der Waals surface area contributed by atoms with Gasteiger partial charge in [0.05, 0.1) is 13.2 Å². The van der Waals surface area contributed by atoms with Crippen LogP contribution in [0.3, 0.4) is 0 Å². The average molecular weight is 503 g/mol. The summed E-state index contributed by atoms with van der Waals surface area (Å²) >= 11 is 6.39. The third-order valence-electron chi connectivity index (χ3n) is 6.37. The Labute approximate surface area is 212 Å². The van der Waals surface area contributed by atoms with Gasteiger partial charge in [0.25, 0.3) is 5.91 Å². The van der Waals surface area contributed by atoms with Gasteiger partial charge in [0, 0.05) is 80.6 Å². The summed E-state index contributed by atoms with van der Waals surface area (Å²) in [5.41, 5.74) is 1.54. The summed E-state index contributed by atoms with van der Waals surface area (Å²) in [5, 5.41) is 3.78. The molecule has 2 aromatic rings. The highest BCUT2D eigenvalue weighted by molar-refractivity contribution is 6.31. The molecule has 35 heavy (non-hydrogen) atoms. The molecule has 1 amide bonds. The van der Waals surface area contributed by atoms with E-state index in [0.717, 1.165) is 57.8 Å². The van der Waals surface area contributed by atoms with Gasteiger partial charge in [0.15, 0.2) is 0 Å². The standard InChI is InChI=1S/C26H35ClN4O4/c27-22-18-21(19-25(20-22)35-15-8-29-23-2-6-28-7-3-23)26(32)31(24-4-13-33-14-5-24)10-1-9-30-11-16-34-17-12-30/h2-3,6-7,18-20,24H,1,4-5,8-17H2,(H,28,29). The number of nitrogens with zero attached hydrogens (tertiary/aromatic N) is 3. The van der Waals surface area contributed by atoms with Crippen molar-refractivity contribution in [1.29, 1.82) is 0 Å². The number of amides is 1. The Morgan fingerprint density at radius 3 is 2.63 bits per heavy atom. The molecule has 2 fully saturated rings. The lowest BCUT2D eigenvalue weighted by Crippen LogP contribution is -2.45. The van der Waals surface area contributed by atoms with Crippen molar-refractivity contribution in [2.75, 3.05) is 71.1 Å². The minimum atomic E-state index is 0.00105. The van der Waals surface area contributed by atoms with E-state index in [1.54, 1.807) is 30.6 Å². The molecule has 0 bridgehead atoms. The Kier molecular flexibility index (Phi) is 10.0. The zero-order valence-corrected chi connectivity index (χ0v) is 20.9. The molecule has 3 heterocycles. The Morgan fingerprint density at radius 1 is 1.11 bits per heavy atom. The summed E-state index contributed by atoms with van der Waals surface area (Å²) in [6.07, 6.45) is 6.11. The monoisotopic (exact) mass is 502 g/mol. The van der Waals surface area contributed by atoms with E-state index in [0.29, 0.717) is 49.2 Å². The van der Waals surface area contributed by atoms with Crippen molar-refractivity contribution >= 4 is 23.2 Å². The predicted octanol–water partition coefficient (Wildman–Crippen LogP) is 3.57. The molecular formula is C26H35ClN4O4. The normalized spacial score (nSPS) is 17.2. The van der Waals surface area contributed by atoms with Crippen LogP contribution in [0.1, 0.15) is 29.6 Å². The molecule has 8 nitrogen and oxygen atoms in total. The largest absolute Gasteiger partial charge is 0.492 e. The van der Waals surface area contributed by atoms with Crippen LogP contribution in [0.4, 0.5) is 5.69 Å². The van der Waals surface area contributed by atoms with Crippen molar-refractivity contribution in [3.8, 4) is 5.75 Å². The number of benzene rings is 1. The molecule has 1 aromatic heterocycles. The van der Waals surface area contributed by atoms with Crippen LogP contribution in [0.2, 0.25) is 5.02 Å². The van der Waals surface area contributed by atoms with Crippen molar-refractivity contribution in [1.82, 2.24) is 14.8 Å². The fourth-order valence-corrected chi connectivity index (χ4v) is 4.73. The maximum absolute atomic E-state index is 13.7. The first-order valence-corrected chi connectivity index (χ1v) is 12.8. The molecule has 0 atom stereocenters. The van der Waals surface area contributed by atoms with E-state index in [-0.39, 0.29) is 11.9 Å². The lowest BCUT2D eigenvalue weighted by Gasteiger charge is -2.35. The van der Waals surface area contributed by atoms with Crippen LogP contribution in [0.25, 0.3) is 0 Å². The summed E-state index contributed by atoms with van der Waals surface area (Å²) in [6.45, 7) is 7.59. The topological polar surface area (TPSA) is 76.2 Å². The molecule has 4 rings (SSSR count). The smallest absolute Gasteiger partial charge is 0.254 e. The molecule has 1 N–H and O–H groups in total. The van der Waals surface area contributed by atoms with Gasteiger partial charge in [0.2, 0.25) is 0 Å². The van der Waals surface area contributed by atoms with E-state index in [1.807, 2.05) is 17.0 Å².